The number of nitrogens with one attached hydrogen (secondary N) is 1. The number of likely N-dealkylation sites (tertiary alicyclic amines) is 1. The lowest BCUT2D eigenvalue weighted by Gasteiger charge is -2.23. The summed E-state index contributed by atoms with van der Waals surface area (Å²) in [5.41, 5.74) is 1.73. The topological polar surface area (TPSA) is 76.0 Å². The van der Waals surface area contributed by atoms with E-state index in [0.29, 0.717) is 5.75 Å². The minimum Gasteiger partial charge on any atom is -0.480 e. The molecule has 0 radical (unpaired) electrons. The Balaban J connectivity index is 1.67. The van der Waals surface area contributed by atoms with Crippen molar-refractivity contribution >= 4 is 5.91 Å². The van der Waals surface area contributed by atoms with E-state index < -0.39 is 0 Å². The summed E-state index contributed by atoms with van der Waals surface area (Å²) in [6.45, 7) is 4.60. The van der Waals surface area contributed by atoms with Crippen LogP contribution in [0.5, 0.6) is 5.75 Å². The van der Waals surface area contributed by atoms with Crippen molar-refractivity contribution in [3.05, 3.63) is 29.6 Å². The third-order valence-electron chi connectivity index (χ3n) is 4.19. The molecule has 7 heteroatoms. The Hall–Kier alpha value is -2.31. The van der Waals surface area contributed by atoms with Crippen LogP contribution in [0.2, 0.25) is 0 Å². The molecule has 1 fully saturated rings. The minimum atomic E-state index is -0.0125. The van der Waals surface area contributed by atoms with Gasteiger partial charge >= 0.3 is 0 Å². The van der Waals surface area contributed by atoms with Crippen molar-refractivity contribution in [1.82, 2.24) is 24.6 Å². The summed E-state index contributed by atoms with van der Waals surface area (Å²) in [6.07, 6.45) is 5.43. The monoisotopic (exact) mass is 303 g/mol. The fourth-order valence-electron chi connectivity index (χ4n) is 2.99. The van der Waals surface area contributed by atoms with Crippen LogP contribution in [-0.2, 0) is 11.8 Å². The van der Waals surface area contributed by atoms with E-state index in [9.17, 15) is 4.79 Å². The highest BCUT2D eigenvalue weighted by molar-refractivity contribution is 5.78. The molecule has 1 aliphatic rings. The number of carbonyl (C=O) groups is 1. The summed E-state index contributed by atoms with van der Waals surface area (Å²) >= 11 is 0. The van der Waals surface area contributed by atoms with Crippen molar-refractivity contribution in [2.24, 2.45) is 7.05 Å². The Kier molecular flexibility index (Phi) is 3.87. The highest BCUT2D eigenvalue weighted by Crippen LogP contribution is 2.30. The van der Waals surface area contributed by atoms with Crippen molar-refractivity contribution < 1.29 is 9.53 Å². The Morgan fingerprint density at radius 3 is 2.95 bits per heavy atom. The average molecular weight is 303 g/mol. The number of aromatic amines is 1. The summed E-state index contributed by atoms with van der Waals surface area (Å²) in [5.74, 6) is 1.53. The quantitative estimate of drug-likeness (QED) is 0.928. The highest BCUT2D eigenvalue weighted by atomic mass is 16.5. The second kappa shape index (κ2) is 5.82. The van der Waals surface area contributed by atoms with E-state index in [1.54, 1.807) is 17.1 Å². The molecule has 22 heavy (non-hydrogen) atoms. The van der Waals surface area contributed by atoms with E-state index in [1.165, 1.54) is 0 Å². The fraction of sp³-hybridized carbons (Fsp3) is 0.533. The molecule has 0 aromatic carbocycles. The van der Waals surface area contributed by atoms with E-state index in [4.69, 9.17) is 4.74 Å². The van der Waals surface area contributed by atoms with Gasteiger partial charge in [-0.25, -0.2) is 4.98 Å². The summed E-state index contributed by atoms with van der Waals surface area (Å²) < 4.78 is 7.48. The number of aryl methyl sites for hydroxylation is 2. The van der Waals surface area contributed by atoms with E-state index >= 15 is 0 Å². The van der Waals surface area contributed by atoms with Crippen LogP contribution in [0.15, 0.2) is 12.4 Å². The number of carbonyl (C=O) groups excluding carboxylic acids is 1. The van der Waals surface area contributed by atoms with Gasteiger partial charge in [-0.05, 0) is 26.7 Å². The number of rotatable bonds is 4. The number of imidazole rings is 1. The molecule has 0 unspecified atom stereocenters. The first-order valence-corrected chi connectivity index (χ1v) is 7.49. The van der Waals surface area contributed by atoms with Crippen LogP contribution >= 0.6 is 0 Å². The normalized spacial score (nSPS) is 18.0. The van der Waals surface area contributed by atoms with Gasteiger partial charge in [-0.15, -0.1) is 0 Å². The molecule has 0 saturated carbocycles. The average Bonchev–Trinajstić information content (AvgIpc) is 3.20. The van der Waals surface area contributed by atoms with Crippen molar-refractivity contribution in [2.75, 3.05) is 13.2 Å². The van der Waals surface area contributed by atoms with Crippen LogP contribution in [0.3, 0.4) is 0 Å². The van der Waals surface area contributed by atoms with Gasteiger partial charge in [0, 0.05) is 26.0 Å². The fourth-order valence-corrected chi connectivity index (χ4v) is 2.99. The molecule has 7 nitrogen and oxygen atoms in total. The molecule has 3 rings (SSSR count). The molecule has 0 bridgehead atoms. The summed E-state index contributed by atoms with van der Waals surface area (Å²) in [5, 5.41) is 4.29. The molecule has 2 aromatic rings. The zero-order valence-corrected chi connectivity index (χ0v) is 13.2. The predicted octanol–water partition coefficient (Wildman–Crippen LogP) is 1.50. The lowest BCUT2D eigenvalue weighted by molar-refractivity contribution is -0.134. The maximum absolute atomic E-state index is 12.5. The first kappa shape index (κ1) is 14.6. The van der Waals surface area contributed by atoms with Gasteiger partial charge in [0.1, 0.15) is 11.5 Å². The molecule has 1 amide bonds. The Morgan fingerprint density at radius 2 is 2.32 bits per heavy atom. The zero-order valence-electron chi connectivity index (χ0n) is 13.2. The lowest BCUT2D eigenvalue weighted by atomic mass is 10.2. The number of aromatic nitrogens is 4. The van der Waals surface area contributed by atoms with Crippen molar-refractivity contribution in [2.45, 2.75) is 32.7 Å². The van der Waals surface area contributed by atoms with Gasteiger partial charge in [0.05, 0.1) is 11.7 Å². The number of nitrogens with zero attached hydrogens (tertiary/aromatic N) is 4. The van der Waals surface area contributed by atoms with E-state index in [-0.39, 0.29) is 18.6 Å². The Morgan fingerprint density at radius 1 is 1.50 bits per heavy atom. The number of hydrogen-bond donors (Lipinski definition) is 1. The first-order chi connectivity index (χ1) is 10.6. The maximum Gasteiger partial charge on any atom is 0.261 e. The molecule has 0 aliphatic carbocycles. The Bertz CT molecular complexity index is 662. The van der Waals surface area contributed by atoms with Crippen LogP contribution in [0.4, 0.5) is 0 Å². The molecule has 1 aliphatic heterocycles. The van der Waals surface area contributed by atoms with E-state index in [2.05, 4.69) is 15.1 Å². The second-order valence-corrected chi connectivity index (χ2v) is 5.63. The van der Waals surface area contributed by atoms with Gasteiger partial charge in [-0.1, -0.05) is 0 Å². The van der Waals surface area contributed by atoms with Crippen LogP contribution in [-0.4, -0.2) is 43.7 Å². The van der Waals surface area contributed by atoms with Crippen molar-refractivity contribution in [3.63, 3.8) is 0 Å². The number of ether oxygens (including phenoxy) is 1. The van der Waals surface area contributed by atoms with Crippen LogP contribution < -0.4 is 4.74 Å². The van der Waals surface area contributed by atoms with Gasteiger partial charge < -0.3 is 14.6 Å². The zero-order chi connectivity index (χ0) is 15.7. The lowest BCUT2D eigenvalue weighted by Crippen LogP contribution is -2.35. The smallest absolute Gasteiger partial charge is 0.261 e. The minimum absolute atomic E-state index is 0.0125. The molecule has 118 valence electrons. The molecule has 1 saturated heterocycles. The predicted molar refractivity (Wildman–Crippen MR) is 80.5 cm³/mol. The summed E-state index contributed by atoms with van der Waals surface area (Å²) in [7, 11) is 1.87. The Labute approximate surface area is 129 Å². The summed E-state index contributed by atoms with van der Waals surface area (Å²) in [6, 6.07) is 0.0298. The van der Waals surface area contributed by atoms with E-state index in [1.807, 2.05) is 25.8 Å². The van der Waals surface area contributed by atoms with Crippen molar-refractivity contribution in [1.29, 1.82) is 0 Å². The third-order valence-corrected chi connectivity index (χ3v) is 4.19. The SMILES string of the molecule is Cc1nn(C)c(C)c1OCC(=O)N1CCC[C@@H]1c1ncc[nH]1. The summed E-state index contributed by atoms with van der Waals surface area (Å²) in [4.78, 5) is 21.7. The molecular formula is C15H21N5O2. The van der Waals surface area contributed by atoms with E-state index in [0.717, 1.165) is 36.6 Å². The molecule has 2 aromatic heterocycles. The van der Waals surface area contributed by atoms with Crippen LogP contribution in [0, 0.1) is 13.8 Å². The van der Waals surface area contributed by atoms with Gasteiger partial charge in [-0.3, -0.25) is 9.48 Å². The second-order valence-electron chi connectivity index (χ2n) is 5.63. The van der Waals surface area contributed by atoms with Crippen LogP contribution in [0.25, 0.3) is 0 Å². The molecular weight excluding hydrogens is 282 g/mol. The van der Waals surface area contributed by atoms with Gasteiger partial charge in [-0.2, -0.15) is 5.10 Å². The third kappa shape index (κ3) is 2.58. The maximum atomic E-state index is 12.5. The van der Waals surface area contributed by atoms with Gasteiger partial charge in [0.15, 0.2) is 12.4 Å². The van der Waals surface area contributed by atoms with Crippen molar-refractivity contribution in [3.8, 4) is 5.75 Å². The highest BCUT2D eigenvalue weighted by Gasteiger charge is 2.31. The molecule has 0 spiro atoms. The molecule has 1 atom stereocenters. The molecule has 3 heterocycles. The first-order valence-electron chi connectivity index (χ1n) is 7.49. The molecule has 1 N–H and O–H groups in total. The number of hydrogen-bond acceptors (Lipinski definition) is 4. The number of amides is 1. The largest absolute Gasteiger partial charge is 0.480 e. The van der Waals surface area contributed by atoms with Gasteiger partial charge in [0.25, 0.3) is 5.91 Å². The van der Waals surface area contributed by atoms with Crippen LogP contribution in [0.1, 0.15) is 36.1 Å². The standard InChI is InChI=1S/C15H21N5O2/c1-10-14(11(2)19(3)18-10)22-9-13(21)20-8-4-5-12(20)15-16-6-7-17-15/h6-7,12H,4-5,8-9H2,1-3H3,(H,16,17)/t12-/m1/s1. The number of H-pyrrole nitrogens is 1. The van der Waals surface area contributed by atoms with Gasteiger partial charge in [0.2, 0.25) is 0 Å².